The average molecular weight is 176 g/mol. The van der Waals surface area contributed by atoms with Gasteiger partial charge in [-0.05, 0) is 32.6 Å². The zero-order valence-electron chi connectivity index (χ0n) is 8.73. The first kappa shape index (κ1) is 9.13. The SMILES string of the molecule is CC1(C#CC2CCCC2)CCCC1. The van der Waals surface area contributed by atoms with Gasteiger partial charge in [-0.3, -0.25) is 0 Å². The van der Waals surface area contributed by atoms with Crippen LogP contribution < -0.4 is 0 Å². The van der Waals surface area contributed by atoms with Crippen LogP contribution in [0, 0.1) is 23.2 Å². The summed E-state index contributed by atoms with van der Waals surface area (Å²) in [5.74, 6) is 7.81. The molecule has 0 radical (unpaired) electrons. The summed E-state index contributed by atoms with van der Waals surface area (Å²) in [5.41, 5.74) is 0.391. The second-order valence-corrected chi connectivity index (χ2v) is 5.02. The van der Waals surface area contributed by atoms with Gasteiger partial charge in [0.05, 0.1) is 0 Å². The molecule has 0 amide bonds. The van der Waals surface area contributed by atoms with Crippen molar-refractivity contribution in [3.63, 3.8) is 0 Å². The van der Waals surface area contributed by atoms with Gasteiger partial charge >= 0.3 is 0 Å². The topological polar surface area (TPSA) is 0 Å². The number of rotatable bonds is 0. The minimum atomic E-state index is 0.391. The first-order valence-electron chi connectivity index (χ1n) is 5.81. The molecule has 0 heterocycles. The zero-order chi connectivity index (χ0) is 9.15. The molecule has 2 aliphatic carbocycles. The molecule has 2 saturated carbocycles. The molecule has 0 saturated heterocycles. The second-order valence-electron chi connectivity index (χ2n) is 5.02. The smallest absolute Gasteiger partial charge is 0.0286 e. The van der Waals surface area contributed by atoms with Crippen LogP contribution in [0.25, 0.3) is 0 Å². The molecule has 0 nitrogen and oxygen atoms in total. The largest absolute Gasteiger partial charge is 0.0993 e. The van der Waals surface area contributed by atoms with Crippen molar-refractivity contribution >= 4 is 0 Å². The molecule has 72 valence electrons. The average Bonchev–Trinajstić information content (AvgIpc) is 2.72. The third kappa shape index (κ3) is 2.27. The Morgan fingerprint density at radius 2 is 1.62 bits per heavy atom. The Labute approximate surface area is 82.1 Å². The summed E-state index contributed by atoms with van der Waals surface area (Å²) in [4.78, 5) is 0. The van der Waals surface area contributed by atoms with Crippen LogP contribution in [0.2, 0.25) is 0 Å². The van der Waals surface area contributed by atoms with E-state index in [1.54, 1.807) is 0 Å². The molecule has 0 spiro atoms. The summed E-state index contributed by atoms with van der Waals surface area (Å²) in [6.07, 6.45) is 11.0. The lowest BCUT2D eigenvalue weighted by molar-refractivity contribution is 0.467. The van der Waals surface area contributed by atoms with E-state index in [-0.39, 0.29) is 0 Å². The van der Waals surface area contributed by atoms with Crippen LogP contribution in [0.15, 0.2) is 0 Å². The van der Waals surface area contributed by atoms with Gasteiger partial charge in [-0.2, -0.15) is 0 Å². The standard InChI is InChI=1S/C13H20/c1-13(9-4-5-10-13)11-8-12-6-2-3-7-12/h12H,2-7,9-10H2,1H3. The molecular formula is C13H20. The van der Waals surface area contributed by atoms with Gasteiger partial charge in [0.15, 0.2) is 0 Å². The van der Waals surface area contributed by atoms with Gasteiger partial charge in [-0.25, -0.2) is 0 Å². The predicted octanol–water partition coefficient (Wildman–Crippen LogP) is 3.76. The maximum atomic E-state index is 3.55. The minimum Gasteiger partial charge on any atom is -0.0993 e. The van der Waals surface area contributed by atoms with Crippen molar-refractivity contribution in [3.8, 4) is 11.8 Å². The Hall–Kier alpha value is -0.440. The van der Waals surface area contributed by atoms with Crippen molar-refractivity contribution in [2.75, 3.05) is 0 Å². The fourth-order valence-corrected chi connectivity index (χ4v) is 2.63. The Balaban J connectivity index is 1.93. The van der Waals surface area contributed by atoms with Crippen molar-refractivity contribution in [2.24, 2.45) is 11.3 Å². The molecule has 0 aromatic rings. The van der Waals surface area contributed by atoms with E-state index in [1.165, 1.54) is 51.4 Å². The molecule has 0 aliphatic heterocycles. The maximum Gasteiger partial charge on any atom is 0.0286 e. The molecule has 0 heteroatoms. The normalized spacial score (nSPS) is 27.2. The molecule has 0 N–H and O–H groups in total. The van der Waals surface area contributed by atoms with E-state index in [0.29, 0.717) is 5.41 Å². The Bertz CT molecular complexity index is 216. The quantitative estimate of drug-likeness (QED) is 0.493. The molecule has 2 aliphatic rings. The summed E-state index contributed by atoms with van der Waals surface area (Å²) in [6, 6.07) is 0. The fourth-order valence-electron chi connectivity index (χ4n) is 2.63. The molecule has 0 aromatic heterocycles. The zero-order valence-corrected chi connectivity index (χ0v) is 8.73. The van der Waals surface area contributed by atoms with E-state index in [1.807, 2.05) is 0 Å². The van der Waals surface area contributed by atoms with Gasteiger partial charge in [-0.1, -0.05) is 37.5 Å². The van der Waals surface area contributed by atoms with E-state index >= 15 is 0 Å². The number of hydrogen-bond acceptors (Lipinski definition) is 0. The Kier molecular flexibility index (Phi) is 2.63. The van der Waals surface area contributed by atoms with Crippen LogP contribution in [-0.2, 0) is 0 Å². The molecule has 2 rings (SSSR count). The summed E-state index contributed by atoms with van der Waals surface area (Å²) in [7, 11) is 0. The van der Waals surface area contributed by atoms with Crippen LogP contribution in [0.3, 0.4) is 0 Å². The highest BCUT2D eigenvalue weighted by molar-refractivity contribution is 5.14. The molecule has 2 fully saturated rings. The second kappa shape index (κ2) is 3.74. The maximum absolute atomic E-state index is 3.55. The Morgan fingerprint density at radius 3 is 2.23 bits per heavy atom. The van der Waals surface area contributed by atoms with E-state index in [0.717, 1.165) is 5.92 Å². The van der Waals surface area contributed by atoms with E-state index < -0.39 is 0 Å². The van der Waals surface area contributed by atoms with Gasteiger partial charge < -0.3 is 0 Å². The summed E-state index contributed by atoms with van der Waals surface area (Å²) in [5, 5.41) is 0. The lowest BCUT2D eigenvalue weighted by Crippen LogP contribution is -2.07. The van der Waals surface area contributed by atoms with E-state index in [4.69, 9.17) is 0 Å². The summed E-state index contributed by atoms with van der Waals surface area (Å²) < 4.78 is 0. The van der Waals surface area contributed by atoms with Gasteiger partial charge in [0.25, 0.3) is 0 Å². The van der Waals surface area contributed by atoms with Gasteiger partial charge in [0, 0.05) is 11.3 Å². The van der Waals surface area contributed by atoms with Crippen molar-refractivity contribution in [2.45, 2.75) is 58.3 Å². The third-order valence-corrected chi connectivity index (χ3v) is 3.64. The van der Waals surface area contributed by atoms with E-state index in [9.17, 15) is 0 Å². The van der Waals surface area contributed by atoms with Crippen molar-refractivity contribution in [1.29, 1.82) is 0 Å². The number of hydrogen-bond donors (Lipinski definition) is 0. The molecule has 13 heavy (non-hydrogen) atoms. The minimum absolute atomic E-state index is 0.391. The lowest BCUT2D eigenvalue weighted by Gasteiger charge is -2.14. The highest BCUT2D eigenvalue weighted by Gasteiger charge is 2.26. The summed E-state index contributed by atoms with van der Waals surface area (Å²) in [6.45, 7) is 2.35. The van der Waals surface area contributed by atoms with Crippen LogP contribution in [0.1, 0.15) is 58.3 Å². The summed E-state index contributed by atoms with van der Waals surface area (Å²) >= 11 is 0. The van der Waals surface area contributed by atoms with Crippen molar-refractivity contribution in [1.82, 2.24) is 0 Å². The van der Waals surface area contributed by atoms with Crippen molar-refractivity contribution < 1.29 is 0 Å². The van der Waals surface area contributed by atoms with Crippen molar-refractivity contribution in [3.05, 3.63) is 0 Å². The van der Waals surface area contributed by atoms with Gasteiger partial charge in [-0.15, -0.1) is 0 Å². The molecule has 0 atom stereocenters. The molecule has 0 aromatic carbocycles. The highest BCUT2D eigenvalue weighted by Crippen LogP contribution is 2.37. The molecular weight excluding hydrogens is 156 g/mol. The predicted molar refractivity (Wildman–Crippen MR) is 56.3 cm³/mol. The van der Waals surface area contributed by atoms with Crippen LogP contribution in [0.5, 0.6) is 0 Å². The third-order valence-electron chi connectivity index (χ3n) is 3.64. The first-order chi connectivity index (χ1) is 6.29. The monoisotopic (exact) mass is 176 g/mol. The first-order valence-corrected chi connectivity index (χ1v) is 5.81. The van der Waals surface area contributed by atoms with Crippen LogP contribution >= 0.6 is 0 Å². The van der Waals surface area contributed by atoms with Crippen LogP contribution in [-0.4, -0.2) is 0 Å². The molecule has 0 bridgehead atoms. The van der Waals surface area contributed by atoms with Gasteiger partial charge in [0.1, 0.15) is 0 Å². The highest BCUT2D eigenvalue weighted by atomic mass is 14.3. The Morgan fingerprint density at radius 1 is 1.00 bits per heavy atom. The fraction of sp³-hybridized carbons (Fsp3) is 0.846. The van der Waals surface area contributed by atoms with Crippen LogP contribution in [0.4, 0.5) is 0 Å². The lowest BCUT2D eigenvalue weighted by atomic mass is 9.89. The molecule has 0 unspecified atom stereocenters. The van der Waals surface area contributed by atoms with E-state index in [2.05, 4.69) is 18.8 Å². The van der Waals surface area contributed by atoms with Gasteiger partial charge in [0.2, 0.25) is 0 Å².